The van der Waals surface area contributed by atoms with Crippen LogP contribution in [-0.2, 0) is 19.1 Å². The fourth-order valence-corrected chi connectivity index (χ4v) is 2.37. The summed E-state index contributed by atoms with van der Waals surface area (Å²) >= 11 is 0. The first-order chi connectivity index (χ1) is 8.56. The molecule has 0 aromatic heterocycles. The molecule has 5 heteroatoms. The summed E-state index contributed by atoms with van der Waals surface area (Å²) < 4.78 is 10.8. The maximum atomic E-state index is 11.7. The average Bonchev–Trinajstić information content (AvgIpc) is 2.69. The number of rotatable bonds is 7. The number of likely N-dealkylation sites (N-methyl/N-ethyl adjacent to an activating group) is 1. The van der Waals surface area contributed by atoms with Crippen LogP contribution in [0.1, 0.15) is 33.1 Å². The van der Waals surface area contributed by atoms with Crippen LogP contribution in [0.5, 0.6) is 0 Å². The van der Waals surface area contributed by atoms with Crippen LogP contribution in [0.25, 0.3) is 0 Å². The molecule has 5 nitrogen and oxygen atoms in total. The van der Waals surface area contributed by atoms with Gasteiger partial charge < -0.3 is 14.8 Å². The molecule has 1 saturated heterocycles. The first kappa shape index (κ1) is 15.1. The highest BCUT2D eigenvalue weighted by Crippen LogP contribution is 2.30. The fourth-order valence-electron chi connectivity index (χ4n) is 2.37. The summed E-state index contributed by atoms with van der Waals surface area (Å²) in [7, 11) is 1.54. The normalized spacial score (nSPS) is 27.2. The van der Waals surface area contributed by atoms with Crippen molar-refractivity contribution >= 4 is 11.7 Å². The van der Waals surface area contributed by atoms with Crippen LogP contribution in [-0.4, -0.2) is 44.2 Å². The Morgan fingerprint density at radius 2 is 2.11 bits per heavy atom. The smallest absolute Gasteiger partial charge is 0.245 e. The van der Waals surface area contributed by atoms with Crippen LogP contribution in [0.3, 0.4) is 0 Å². The first-order valence-electron chi connectivity index (χ1n) is 6.52. The second-order valence-corrected chi connectivity index (χ2v) is 4.80. The lowest BCUT2D eigenvalue weighted by molar-refractivity contribution is -0.130. The molecule has 18 heavy (non-hydrogen) atoms. The summed E-state index contributed by atoms with van der Waals surface area (Å²) in [6, 6.07) is 0. The number of Topliss-reactive ketones (excluding diaryl/α,β-unsaturated/α-hetero) is 1. The zero-order valence-electron chi connectivity index (χ0n) is 11.4. The van der Waals surface area contributed by atoms with Crippen LogP contribution in [0.4, 0.5) is 0 Å². The standard InChI is InChI=1S/C13H23NO4/c1-4-12-10(5-9(2)18-12)6-11(15)7-17-8-13(16)14-3/h9-10,12H,4-8H2,1-3H3,(H,14,16)/t9-,10?,12+/m0/s1. The van der Waals surface area contributed by atoms with Gasteiger partial charge in [-0.25, -0.2) is 0 Å². The Morgan fingerprint density at radius 1 is 1.39 bits per heavy atom. The van der Waals surface area contributed by atoms with Gasteiger partial charge in [-0.05, 0) is 25.7 Å². The van der Waals surface area contributed by atoms with E-state index in [2.05, 4.69) is 12.2 Å². The SMILES string of the molecule is CC[C@H]1O[C@@H](C)CC1CC(=O)COCC(=O)NC. The average molecular weight is 257 g/mol. The quantitative estimate of drug-likeness (QED) is 0.736. The van der Waals surface area contributed by atoms with Gasteiger partial charge in [-0.1, -0.05) is 6.92 Å². The van der Waals surface area contributed by atoms with Crippen molar-refractivity contribution in [1.29, 1.82) is 0 Å². The third-order valence-corrected chi connectivity index (χ3v) is 3.23. The van der Waals surface area contributed by atoms with E-state index in [1.165, 1.54) is 7.05 Å². The molecule has 1 aliphatic heterocycles. The van der Waals surface area contributed by atoms with Crippen LogP contribution in [0, 0.1) is 5.92 Å². The first-order valence-corrected chi connectivity index (χ1v) is 6.52. The maximum absolute atomic E-state index is 11.7. The van der Waals surface area contributed by atoms with E-state index in [0.29, 0.717) is 12.3 Å². The Balaban J connectivity index is 2.25. The second-order valence-electron chi connectivity index (χ2n) is 4.80. The van der Waals surface area contributed by atoms with E-state index < -0.39 is 0 Å². The van der Waals surface area contributed by atoms with E-state index in [-0.39, 0.29) is 37.1 Å². The molecule has 0 aromatic carbocycles. The summed E-state index contributed by atoms with van der Waals surface area (Å²) in [5, 5.41) is 2.44. The molecule has 1 fully saturated rings. The number of ether oxygens (including phenoxy) is 2. The van der Waals surface area contributed by atoms with Gasteiger partial charge >= 0.3 is 0 Å². The Labute approximate surface area is 108 Å². The minimum absolute atomic E-state index is 0.00867. The molecular formula is C13H23NO4. The Morgan fingerprint density at radius 3 is 2.72 bits per heavy atom. The molecule has 0 saturated carbocycles. The van der Waals surface area contributed by atoms with Gasteiger partial charge in [-0.15, -0.1) is 0 Å². The molecule has 1 amide bonds. The van der Waals surface area contributed by atoms with E-state index >= 15 is 0 Å². The molecule has 0 aliphatic carbocycles. The largest absolute Gasteiger partial charge is 0.375 e. The van der Waals surface area contributed by atoms with Crippen molar-refractivity contribution in [1.82, 2.24) is 5.32 Å². The topological polar surface area (TPSA) is 64.6 Å². The monoisotopic (exact) mass is 257 g/mol. The van der Waals surface area contributed by atoms with E-state index in [4.69, 9.17) is 9.47 Å². The molecule has 0 spiro atoms. The van der Waals surface area contributed by atoms with E-state index in [1.807, 2.05) is 6.92 Å². The van der Waals surface area contributed by atoms with E-state index in [0.717, 1.165) is 12.8 Å². The lowest BCUT2D eigenvalue weighted by Gasteiger charge is -2.15. The van der Waals surface area contributed by atoms with Crippen molar-refractivity contribution in [3.05, 3.63) is 0 Å². The van der Waals surface area contributed by atoms with Gasteiger partial charge in [0.05, 0.1) is 12.2 Å². The number of ketones is 1. The van der Waals surface area contributed by atoms with Gasteiger partial charge in [0, 0.05) is 13.5 Å². The number of carbonyl (C=O) groups excluding carboxylic acids is 2. The predicted molar refractivity (Wildman–Crippen MR) is 67.2 cm³/mol. The van der Waals surface area contributed by atoms with Gasteiger partial charge in [0.15, 0.2) is 5.78 Å². The molecule has 0 aromatic rings. The van der Waals surface area contributed by atoms with Gasteiger partial charge in [0.2, 0.25) is 5.91 Å². The zero-order chi connectivity index (χ0) is 13.5. The van der Waals surface area contributed by atoms with Crippen molar-refractivity contribution in [2.75, 3.05) is 20.3 Å². The molecule has 1 aliphatic rings. The third-order valence-electron chi connectivity index (χ3n) is 3.23. The number of nitrogens with one attached hydrogen (secondary N) is 1. The zero-order valence-corrected chi connectivity index (χ0v) is 11.4. The summed E-state index contributed by atoms with van der Waals surface area (Å²) in [5.74, 6) is 0.119. The second kappa shape index (κ2) is 7.48. The van der Waals surface area contributed by atoms with Crippen molar-refractivity contribution in [2.24, 2.45) is 5.92 Å². The fraction of sp³-hybridized carbons (Fsp3) is 0.846. The van der Waals surface area contributed by atoms with Crippen molar-refractivity contribution in [2.45, 2.75) is 45.3 Å². The third kappa shape index (κ3) is 4.74. The molecule has 104 valence electrons. The maximum Gasteiger partial charge on any atom is 0.245 e. The number of hydrogen-bond donors (Lipinski definition) is 1. The van der Waals surface area contributed by atoms with E-state index in [9.17, 15) is 9.59 Å². The van der Waals surface area contributed by atoms with Crippen LogP contribution >= 0.6 is 0 Å². The van der Waals surface area contributed by atoms with Crippen molar-refractivity contribution < 1.29 is 19.1 Å². The molecule has 3 atom stereocenters. The molecule has 0 radical (unpaired) electrons. The Hall–Kier alpha value is -0.940. The van der Waals surface area contributed by atoms with Crippen molar-refractivity contribution in [3.8, 4) is 0 Å². The molecule has 1 rings (SSSR count). The van der Waals surface area contributed by atoms with E-state index in [1.54, 1.807) is 0 Å². The summed E-state index contributed by atoms with van der Waals surface area (Å²) in [6.07, 6.45) is 2.76. The van der Waals surface area contributed by atoms with Crippen LogP contribution in [0.2, 0.25) is 0 Å². The highest BCUT2D eigenvalue weighted by Gasteiger charge is 2.32. The molecule has 1 unspecified atom stereocenters. The summed E-state index contributed by atoms with van der Waals surface area (Å²) in [5.41, 5.74) is 0. The van der Waals surface area contributed by atoms with Crippen molar-refractivity contribution in [3.63, 3.8) is 0 Å². The van der Waals surface area contributed by atoms with Gasteiger partial charge in [0.1, 0.15) is 13.2 Å². The molecule has 0 bridgehead atoms. The van der Waals surface area contributed by atoms with Gasteiger partial charge in [-0.2, -0.15) is 0 Å². The summed E-state index contributed by atoms with van der Waals surface area (Å²) in [6.45, 7) is 4.06. The van der Waals surface area contributed by atoms with Gasteiger partial charge in [-0.3, -0.25) is 9.59 Å². The predicted octanol–water partition coefficient (Wildman–Crippen LogP) is 0.912. The molecule has 1 N–H and O–H groups in total. The van der Waals surface area contributed by atoms with Crippen LogP contribution < -0.4 is 5.32 Å². The Bertz CT molecular complexity index is 293. The minimum Gasteiger partial charge on any atom is -0.375 e. The lowest BCUT2D eigenvalue weighted by atomic mass is 9.92. The Kier molecular flexibility index (Phi) is 6.29. The van der Waals surface area contributed by atoms with Gasteiger partial charge in [0.25, 0.3) is 0 Å². The number of amides is 1. The summed E-state index contributed by atoms with van der Waals surface area (Å²) in [4.78, 5) is 22.6. The number of carbonyl (C=O) groups is 2. The lowest BCUT2D eigenvalue weighted by Crippen LogP contribution is -2.26. The highest BCUT2D eigenvalue weighted by atomic mass is 16.5. The number of hydrogen-bond acceptors (Lipinski definition) is 4. The molecular weight excluding hydrogens is 234 g/mol. The highest BCUT2D eigenvalue weighted by molar-refractivity contribution is 5.81. The molecule has 1 heterocycles. The van der Waals surface area contributed by atoms with Crippen LogP contribution in [0.15, 0.2) is 0 Å². The minimum atomic E-state index is -0.216.